The Morgan fingerprint density at radius 2 is 1.94 bits per heavy atom. The third kappa shape index (κ3) is 3.07. The van der Waals surface area contributed by atoms with E-state index in [-0.39, 0.29) is 0 Å². The Morgan fingerprint density at radius 1 is 1.18 bits per heavy atom. The molecule has 2 rings (SSSR count). The summed E-state index contributed by atoms with van der Waals surface area (Å²) in [5, 5.41) is 0.739. The minimum atomic E-state index is 0.661. The topological polar surface area (TPSA) is 22.1 Å². The van der Waals surface area contributed by atoms with Gasteiger partial charge in [0.1, 0.15) is 5.75 Å². The minimum absolute atomic E-state index is 0.661. The van der Waals surface area contributed by atoms with E-state index in [1.807, 2.05) is 24.3 Å². The Bertz CT molecular complexity index is 482. The lowest BCUT2D eigenvalue weighted by atomic mass is 10.2. The Morgan fingerprint density at radius 3 is 2.59 bits per heavy atom. The van der Waals surface area contributed by atoms with E-state index in [0.29, 0.717) is 5.88 Å². The maximum absolute atomic E-state index is 5.76. The van der Waals surface area contributed by atoms with E-state index in [2.05, 4.69) is 40.0 Å². The van der Waals surface area contributed by atoms with Gasteiger partial charge in [0.05, 0.1) is 0 Å². The van der Waals surface area contributed by atoms with Gasteiger partial charge < -0.3 is 4.74 Å². The number of benzene rings is 1. The first-order valence-electron chi connectivity index (χ1n) is 5.60. The number of pyridine rings is 1. The minimum Gasteiger partial charge on any atom is -0.439 e. The summed E-state index contributed by atoms with van der Waals surface area (Å²) in [6.45, 7) is 2.14. The van der Waals surface area contributed by atoms with Crippen LogP contribution in [0.15, 0.2) is 42.6 Å². The van der Waals surface area contributed by atoms with Crippen LogP contribution in [0.3, 0.4) is 0 Å². The van der Waals surface area contributed by atoms with Crippen molar-refractivity contribution in [1.82, 2.24) is 4.98 Å². The van der Waals surface area contributed by atoms with Gasteiger partial charge in [0.25, 0.3) is 0 Å². The number of alkyl halides is 1. The molecule has 0 N–H and O–H groups in total. The van der Waals surface area contributed by atoms with E-state index >= 15 is 0 Å². The lowest BCUT2D eigenvalue weighted by Gasteiger charge is -2.08. The van der Waals surface area contributed by atoms with Gasteiger partial charge in [-0.2, -0.15) is 0 Å². The van der Waals surface area contributed by atoms with Gasteiger partial charge in [-0.3, -0.25) is 0 Å². The number of aromatic nitrogens is 1. The van der Waals surface area contributed by atoms with E-state index in [0.717, 1.165) is 23.1 Å². The van der Waals surface area contributed by atoms with Crippen LogP contribution in [0.1, 0.15) is 18.1 Å². The van der Waals surface area contributed by atoms with Crippen molar-refractivity contribution < 1.29 is 4.74 Å². The van der Waals surface area contributed by atoms with Gasteiger partial charge >= 0.3 is 0 Å². The fourth-order valence-corrected chi connectivity index (χ4v) is 1.95. The molecule has 0 aliphatic rings. The maximum atomic E-state index is 5.76. The first kappa shape index (κ1) is 12.1. The molecule has 88 valence electrons. The smallest absolute Gasteiger partial charge is 0.223 e. The van der Waals surface area contributed by atoms with Crippen LogP contribution in [-0.4, -0.2) is 4.98 Å². The first-order valence-corrected chi connectivity index (χ1v) is 6.72. The molecule has 1 aromatic heterocycles. The van der Waals surface area contributed by atoms with Crippen LogP contribution in [0, 0.1) is 0 Å². The van der Waals surface area contributed by atoms with Gasteiger partial charge in [0, 0.05) is 17.1 Å². The SMILES string of the molecule is CCc1ccc(Oc2ncccc2CBr)cc1. The van der Waals surface area contributed by atoms with E-state index in [1.165, 1.54) is 5.56 Å². The van der Waals surface area contributed by atoms with Gasteiger partial charge in [0.2, 0.25) is 5.88 Å². The average molecular weight is 292 g/mol. The highest BCUT2D eigenvalue weighted by Gasteiger charge is 2.04. The average Bonchev–Trinajstić information content (AvgIpc) is 2.40. The highest BCUT2D eigenvalue weighted by molar-refractivity contribution is 9.08. The Hall–Kier alpha value is -1.35. The van der Waals surface area contributed by atoms with Crippen LogP contribution in [0.5, 0.6) is 11.6 Å². The number of nitrogens with zero attached hydrogens (tertiary/aromatic N) is 1. The van der Waals surface area contributed by atoms with Crippen LogP contribution in [0.4, 0.5) is 0 Å². The molecule has 0 atom stereocenters. The second kappa shape index (κ2) is 5.82. The van der Waals surface area contributed by atoms with Gasteiger partial charge in [-0.05, 0) is 30.2 Å². The fourth-order valence-electron chi connectivity index (χ4n) is 1.52. The van der Waals surface area contributed by atoms with Crippen LogP contribution >= 0.6 is 15.9 Å². The number of aryl methyl sites for hydroxylation is 1. The number of halogens is 1. The predicted octanol–water partition coefficient (Wildman–Crippen LogP) is 4.33. The van der Waals surface area contributed by atoms with Crippen molar-refractivity contribution >= 4 is 15.9 Å². The summed E-state index contributed by atoms with van der Waals surface area (Å²) in [6.07, 6.45) is 2.78. The molecule has 0 bridgehead atoms. The molecule has 0 amide bonds. The monoisotopic (exact) mass is 291 g/mol. The summed E-state index contributed by atoms with van der Waals surface area (Å²) < 4.78 is 5.76. The quantitative estimate of drug-likeness (QED) is 0.782. The normalized spacial score (nSPS) is 10.2. The third-order valence-corrected chi connectivity index (χ3v) is 3.14. The molecule has 1 aromatic carbocycles. The second-order valence-corrected chi connectivity index (χ2v) is 4.26. The molecule has 0 aliphatic carbocycles. The molecule has 3 heteroatoms. The molecular formula is C14H14BrNO. The van der Waals surface area contributed by atoms with E-state index in [1.54, 1.807) is 6.20 Å². The Balaban J connectivity index is 2.19. The van der Waals surface area contributed by atoms with Crippen LogP contribution in [0.2, 0.25) is 0 Å². The summed E-state index contributed by atoms with van der Waals surface area (Å²) in [7, 11) is 0. The number of hydrogen-bond acceptors (Lipinski definition) is 2. The van der Waals surface area contributed by atoms with Crippen molar-refractivity contribution in [3.8, 4) is 11.6 Å². The summed E-state index contributed by atoms with van der Waals surface area (Å²) in [5.41, 5.74) is 2.35. The van der Waals surface area contributed by atoms with E-state index in [4.69, 9.17) is 4.74 Å². The molecule has 17 heavy (non-hydrogen) atoms. The summed E-state index contributed by atoms with van der Waals surface area (Å²) in [4.78, 5) is 4.24. The number of rotatable bonds is 4. The molecule has 1 heterocycles. The van der Waals surface area contributed by atoms with Crippen molar-refractivity contribution in [2.75, 3.05) is 0 Å². The highest BCUT2D eigenvalue weighted by Crippen LogP contribution is 2.24. The first-order chi connectivity index (χ1) is 8.33. The van der Waals surface area contributed by atoms with Gasteiger partial charge in [-0.15, -0.1) is 0 Å². The molecule has 0 unspecified atom stereocenters. The largest absolute Gasteiger partial charge is 0.439 e. The van der Waals surface area contributed by atoms with Gasteiger partial charge in [-0.1, -0.05) is 41.1 Å². The number of ether oxygens (including phenoxy) is 1. The fraction of sp³-hybridized carbons (Fsp3) is 0.214. The van der Waals surface area contributed by atoms with Crippen molar-refractivity contribution in [2.45, 2.75) is 18.7 Å². The molecule has 0 radical (unpaired) electrons. The van der Waals surface area contributed by atoms with Crippen LogP contribution in [0.25, 0.3) is 0 Å². The Kier molecular flexibility index (Phi) is 4.15. The van der Waals surface area contributed by atoms with Crippen molar-refractivity contribution in [1.29, 1.82) is 0 Å². The second-order valence-electron chi connectivity index (χ2n) is 3.70. The van der Waals surface area contributed by atoms with Crippen LogP contribution < -0.4 is 4.74 Å². The van der Waals surface area contributed by atoms with Gasteiger partial charge in [0.15, 0.2) is 0 Å². The zero-order valence-electron chi connectivity index (χ0n) is 9.69. The summed E-state index contributed by atoms with van der Waals surface area (Å²) in [5.74, 6) is 1.48. The van der Waals surface area contributed by atoms with Gasteiger partial charge in [-0.25, -0.2) is 4.98 Å². The molecule has 0 saturated carbocycles. The number of hydrogen-bond donors (Lipinski definition) is 0. The Labute approximate surface area is 110 Å². The highest BCUT2D eigenvalue weighted by atomic mass is 79.9. The lowest BCUT2D eigenvalue weighted by Crippen LogP contribution is -1.92. The van der Waals surface area contributed by atoms with E-state index in [9.17, 15) is 0 Å². The molecule has 2 aromatic rings. The molecule has 0 fully saturated rings. The van der Waals surface area contributed by atoms with Crippen LogP contribution in [-0.2, 0) is 11.8 Å². The van der Waals surface area contributed by atoms with E-state index < -0.39 is 0 Å². The molecule has 0 spiro atoms. The maximum Gasteiger partial charge on any atom is 0.223 e. The van der Waals surface area contributed by atoms with Crippen molar-refractivity contribution in [3.05, 3.63) is 53.7 Å². The third-order valence-electron chi connectivity index (χ3n) is 2.54. The predicted molar refractivity (Wildman–Crippen MR) is 72.8 cm³/mol. The zero-order valence-corrected chi connectivity index (χ0v) is 11.3. The standard InChI is InChI=1S/C14H14BrNO/c1-2-11-5-7-13(8-6-11)17-14-12(10-15)4-3-9-16-14/h3-9H,2,10H2,1H3. The zero-order chi connectivity index (χ0) is 12.1. The summed E-state index contributed by atoms with van der Waals surface area (Å²) >= 11 is 3.42. The molecule has 0 aliphatic heterocycles. The summed E-state index contributed by atoms with van der Waals surface area (Å²) in [6, 6.07) is 12.0. The molecular weight excluding hydrogens is 278 g/mol. The molecule has 0 saturated heterocycles. The lowest BCUT2D eigenvalue weighted by molar-refractivity contribution is 0.458. The van der Waals surface area contributed by atoms with Crippen molar-refractivity contribution in [3.63, 3.8) is 0 Å². The molecule has 2 nitrogen and oxygen atoms in total. The van der Waals surface area contributed by atoms with Crippen molar-refractivity contribution in [2.24, 2.45) is 0 Å².